The molecule has 0 saturated carbocycles. The van der Waals surface area contributed by atoms with Crippen molar-refractivity contribution < 1.29 is 63.3 Å². The summed E-state index contributed by atoms with van der Waals surface area (Å²) in [5, 5.41) is 42.7. The van der Waals surface area contributed by atoms with Gasteiger partial charge in [0.05, 0.1) is 12.5 Å². The molecule has 24 nitrogen and oxygen atoms in total. The van der Waals surface area contributed by atoms with Gasteiger partial charge in [0.15, 0.2) is 5.96 Å². The highest BCUT2D eigenvalue weighted by Gasteiger charge is 2.41. The highest BCUT2D eigenvalue weighted by atomic mass is 32.2. The fourth-order valence-corrected chi connectivity index (χ4v) is 6.45. The zero-order chi connectivity index (χ0) is 46.6. The van der Waals surface area contributed by atoms with Crippen LogP contribution in [0.4, 0.5) is 0 Å². The Labute approximate surface area is 357 Å². The third-order valence-electron chi connectivity index (χ3n) is 9.39. The highest BCUT2D eigenvalue weighted by molar-refractivity contribution is 7.98. The Morgan fingerprint density at radius 1 is 0.721 bits per heavy atom. The molecule has 1 saturated heterocycles. The van der Waals surface area contributed by atoms with Crippen molar-refractivity contribution in [3.63, 3.8) is 0 Å². The molecule has 344 valence electrons. The molecule has 0 unspecified atom stereocenters. The van der Waals surface area contributed by atoms with Crippen LogP contribution in [-0.2, 0) is 47.9 Å². The van der Waals surface area contributed by atoms with Gasteiger partial charge in [-0.3, -0.25) is 48.1 Å². The standard InChI is InChI=1S/C36H61N11O13S/c1-17(2)27(35(59)60)46-33(57)24-9-7-14-47(24)34(58)23(16-26(50)51)45-32(56)22(10-11-25(48)49)43-29(53)19(4)41-28(52)18(3)42-31(55)21(8-6-13-40-36(38)39)44-30(54)20(37)12-15-61-5/h17-24,27H,6-16,37H2,1-5H3,(H,41,52)(H,42,55)(H,43,53)(H,44,54)(H,45,56)(H,46,57)(H,48,49)(H,50,51)(H,59,60)(H4,38,39,40)/t18-,19-,20-,21-,22-,23-,24-,27-/m0/s1. The Morgan fingerprint density at radius 3 is 1.80 bits per heavy atom. The smallest absolute Gasteiger partial charge is 0.326 e. The quantitative estimate of drug-likeness (QED) is 0.0213. The first kappa shape index (κ1) is 53.3. The van der Waals surface area contributed by atoms with Crippen molar-refractivity contribution in [2.45, 2.75) is 127 Å². The van der Waals surface area contributed by atoms with Crippen LogP contribution in [-0.4, -0.2) is 159 Å². The van der Waals surface area contributed by atoms with Crippen LogP contribution in [0.1, 0.15) is 79.1 Å². The monoisotopic (exact) mass is 887 g/mol. The number of carboxylic acids is 3. The number of carboxylic acid groups (broad SMARTS) is 3. The summed E-state index contributed by atoms with van der Waals surface area (Å²) in [4.78, 5) is 132. The molecule has 1 aliphatic heterocycles. The van der Waals surface area contributed by atoms with E-state index in [0.717, 1.165) is 4.90 Å². The van der Waals surface area contributed by atoms with Gasteiger partial charge in [-0.2, -0.15) is 11.8 Å². The lowest BCUT2D eigenvalue weighted by Crippen LogP contribution is -2.59. The van der Waals surface area contributed by atoms with E-state index in [1.165, 1.54) is 25.6 Å². The Bertz CT molecular complexity index is 1630. The number of carbonyl (C=O) groups excluding carboxylic acids is 7. The van der Waals surface area contributed by atoms with E-state index in [-0.39, 0.29) is 38.3 Å². The van der Waals surface area contributed by atoms with Crippen LogP contribution in [0, 0.1) is 5.92 Å². The van der Waals surface area contributed by atoms with Crippen LogP contribution in [0.5, 0.6) is 0 Å². The van der Waals surface area contributed by atoms with E-state index < -0.39 is 133 Å². The molecule has 15 N–H and O–H groups in total. The van der Waals surface area contributed by atoms with Crippen molar-refractivity contribution in [1.82, 2.24) is 36.8 Å². The summed E-state index contributed by atoms with van der Waals surface area (Å²) < 4.78 is 0. The van der Waals surface area contributed by atoms with Crippen molar-refractivity contribution in [2.75, 3.05) is 25.1 Å². The number of rotatable bonds is 27. The fraction of sp³-hybridized carbons (Fsp3) is 0.694. The Hall–Kier alpha value is -5.72. The predicted molar refractivity (Wildman–Crippen MR) is 220 cm³/mol. The van der Waals surface area contributed by atoms with E-state index in [1.807, 2.05) is 6.26 Å². The SMILES string of the molecule is CSCC[C@H](N)C(=O)N[C@@H](CCCN=C(N)N)C(=O)N[C@@H](C)C(=O)N[C@@H](C)C(=O)N[C@@H](CCC(=O)O)C(=O)N[C@@H](CC(=O)O)C(=O)N1CCC[C@H]1C(=O)N[C@H](C(=O)O)C(C)C. The van der Waals surface area contributed by atoms with Crippen molar-refractivity contribution in [1.29, 1.82) is 0 Å². The minimum atomic E-state index is -1.80. The summed E-state index contributed by atoms with van der Waals surface area (Å²) in [6.07, 6.45) is 0.743. The van der Waals surface area contributed by atoms with Crippen LogP contribution < -0.4 is 49.1 Å². The second kappa shape index (κ2) is 26.5. The highest BCUT2D eigenvalue weighted by Crippen LogP contribution is 2.20. The third-order valence-corrected chi connectivity index (χ3v) is 10.0. The van der Waals surface area contributed by atoms with Gasteiger partial charge in [0.1, 0.15) is 42.3 Å². The van der Waals surface area contributed by atoms with Crippen LogP contribution in [0.2, 0.25) is 0 Å². The van der Waals surface area contributed by atoms with Gasteiger partial charge in [0.2, 0.25) is 41.4 Å². The normalized spacial score (nSPS) is 16.9. The number of aliphatic imine (C=N–C) groups is 1. The van der Waals surface area contributed by atoms with Gasteiger partial charge in [0.25, 0.3) is 0 Å². The Balaban J connectivity index is 3.12. The molecule has 1 aliphatic rings. The number of aliphatic carboxylic acids is 3. The lowest BCUT2D eigenvalue weighted by molar-refractivity contribution is -0.148. The summed E-state index contributed by atoms with van der Waals surface area (Å²) in [7, 11) is 0. The second-order valence-electron chi connectivity index (χ2n) is 14.8. The molecular weight excluding hydrogens is 827 g/mol. The van der Waals surface area contributed by atoms with Crippen molar-refractivity contribution >= 4 is 77.0 Å². The maximum absolute atomic E-state index is 13.7. The minimum absolute atomic E-state index is 0.0289. The van der Waals surface area contributed by atoms with Gasteiger partial charge in [-0.25, -0.2) is 4.79 Å². The second-order valence-corrected chi connectivity index (χ2v) is 15.8. The lowest BCUT2D eigenvalue weighted by atomic mass is 10.0. The molecule has 61 heavy (non-hydrogen) atoms. The molecule has 7 amide bonds. The molecule has 0 bridgehead atoms. The molecule has 1 rings (SSSR count). The van der Waals surface area contributed by atoms with E-state index in [2.05, 4.69) is 36.9 Å². The maximum Gasteiger partial charge on any atom is 0.326 e. The average Bonchev–Trinajstić information content (AvgIpc) is 3.67. The number of amides is 7. The number of likely N-dealkylation sites (tertiary alicyclic amines) is 1. The van der Waals surface area contributed by atoms with E-state index >= 15 is 0 Å². The first-order valence-electron chi connectivity index (χ1n) is 19.6. The summed E-state index contributed by atoms with van der Waals surface area (Å²) in [6, 6.07) is -10.7. The predicted octanol–water partition coefficient (Wildman–Crippen LogP) is -3.86. The average molecular weight is 888 g/mol. The molecule has 0 radical (unpaired) electrons. The van der Waals surface area contributed by atoms with Crippen LogP contribution in [0.15, 0.2) is 4.99 Å². The van der Waals surface area contributed by atoms with E-state index in [9.17, 15) is 63.3 Å². The maximum atomic E-state index is 13.7. The van der Waals surface area contributed by atoms with Gasteiger partial charge in [-0.15, -0.1) is 0 Å². The molecular formula is C36H61N11O13S. The van der Waals surface area contributed by atoms with Gasteiger partial charge in [-0.1, -0.05) is 13.8 Å². The summed E-state index contributed by atoms with van der Waals surface area (Å²) in [5.41, 5.74) is 16.7. The molecule has 25 heteroatoms. The number of hydrogen-bond acceptors (Lipinski definition) is 13. The Kier molecular flexibility index (Phi) is 23.1. The summed E-state index contributed by atoms with van der Waals surface area (Å²) in [5.74, 6) is -10.5. The molecule has 0 aromatic carbocycles. The molecule has 1 fully saturated rings. The molecule has 1 heterocycles. The number of thioether (sulfide) groups is 1. The topological polar surface area (TPSA) is 397 Å². The first-order chi connectivity index (χ1) is 28.5. The van der Waals surface area contributed by atoms with Crippen molar-refractivity contribution in [3.05, 3.63) is 0 Å². The summed E-state index contributed by atoms with van der Waals surface area (Å²) in [6.45, 7) is 5.76. The minimum Gasteiger partial charge on any atom is -0.481 e. The van der Waals surface area contributed by atoms with Crippen LogP contribution in [0.25, 0.3) is 0 Å². The van der Waals surface area contributed by atoms with Gasteiger partial charge in [0, 0.05) is 19.5 Å². The number of guanidine groups is 1. The fourth-order valence-electron chi connectivity index (χ4n) is 5.96. The molecule has 0 aliphatic carbocycles. The molecule has 0 aromatic heterocycles. The largest absolute Gasteiger partial charge is 0.481 e. The van der Waals surface area contributed by atoms with E-state index in [4.69, 9.17) is 17.2 Å². The van der Waals surface area contributed by atoms with Crippen LogP contribution in [0.3, 0.4) is 0 Å². The molecule has 0 aromatic rings. The molecule has 0 spiro atoms. The Morgan fingerprint density at radius 2 is 1.26 bits per heavy atom. The van der Waals surface area contributed by atoms with E-state index in [1.54, 1.807) is 13.8 Å². The number of nitrogens with zero attached hydrogens (tertiary/aromatic N) is 2. The zero-order valence-electron chi connectivity index (χ0n) is 34.9. The number of carbonyl (C=O) groups is 10. The van der Waals surface area contributed by atoms with Gasteiger partial charge >= 0.3 is 17.9 Å². The lowest BCUT2D eigenvalue weighted by Gasteiger charge is -2.30. The number of nitrogens with one attached hydrogen (secondary N) is 6. The first-order valence-corrected chi connectivity index (χ1v) is 21.0. The summed E-state index contributed by atoms with van der Waals surface area (Å²) >= 11 is 1.48. The van der Waals surface area contributed by atoms with E-state index in [0.29, 0.717) is 18.6 Å². The van der Waals surface area contributed by atoms with Gasteiger partial charge in [-0.05, 0) is 70.3 Å². The van der Waals surface area contributed by atoms with Crippen molar-refractivity contribution in [2.24, 2.45) is 28.1 Å². The number of hydrogen-bond donors (Lipinski definition) is 12. The van der Waals surface area contributed by atoms with Crippen LogP contribution >= 0.6 is 11.8 Å². The van der Waals surface area contributed by atoms with Crippen molar-refractivity contribution in [3.8, 4) is 0 Å². The van der Waals surface area contributed by atoms with Gasteiger partial charge < -0.3 is 69.3 Å². The zero-order valence-corrected chi connectivity index (χ0v) is 35.7. The third kappa shape index (κ3) is 19.0. The number of nitrogens with two attached hydrogens (primary N) is 3. The molecule has 8 atom stereocenters.